The maximum atomic E-state index is 5.59. The Morgan fingerprint density at radius 3 is 2.89 bits per heavy atom. The summed E-state index contributed by atoms with van der Waals surface area (Å²) < 4.78 is 5.59. The zero-order chi connectivity index (χ0) is 6.27. The highest BCUT2D eigenvalue weighted by molar-refractivity contribution is 4.89. The van der Waals surface area contributed by atoms with Gasteiger partial charge in [0.1, 0.15) is 0 Å². The van der Waals surface area contributed by atoms with Crippen molar-refractivity contribution in [3.63, 3.8) is 0 Å². The SMILES string of the molecule is C[C@@H]1C[C@H]2CCCO[C@H]21. The zero-order valence-corrected chi connectivity index (χ0v) is 5.97. The first-order chi connectivity index (χ1) is 4.38. The van der Waals surface area contributed by atoms with Gasteiger partial charge in [0.2, 0.25) is 0 Å². The summed E-state index contributed by atoms with van der Waals surface area (Å²) in [6, 6.07) is 0. The van der Waals surface area contributed by atoms with Crippen molar-refractivity contribution in [1.82, 2.24) is 0 Å². The number of fused-ring (bicyclic) bond motifs is 1. The van der Waals surface area contributed by atoms with Crippen molar-refractivity contribution in [2.75, 3.05) is 6.61 Å². The van der Waals surface area contributed by atoms with Crippen LogP contribution in [-0.2, 0) is 4.74 Å². The lowest BCUT2D eigenvalue weighted by atomic mass is 9.70. The van der Waals surface area contributed by atoms with Gasteiger partial charge in [-0.1, -0.05) is 6.92 Å². The topological polar surface area (TPSA) is 9.23 Å². The normalized spacial score (nSPS) is 49.7. The molecule has 1 nitrogen and oxygen atoms in total. The predicted octanol–water partition coefficient (Wildman–Crippen LogP) is 1.82. The maximum Gasteiger partial charge on any atom is 0.0629 e. The lowest BCUT2D eigenvalue weighted by Crippen LogP contribution is -2.45. The molecule has 0 amide bonds. The van der Waals surface area contributed by atoms with E-state index in [1.165, 1.54) is 19.3 Å². The minimum absolute atomic E-state index is 0.652. The molecule has 2 aliphatic rings. The second kappa shape index (κ2) is 1.98. The van der Waals surface area contributed by atoms with E-state index in [4.69, 9.17) is 4.74 Å². The molecule has 1 heterocycles. The summed E-state index contributed by atoms with van der Waals surface area (Å²) in [6.45, 7) is 3.32. The lowest BCUT2D eigenvalue weighted by molar-refractivity contribution is -0.121. The summed E-state index contributed by atoms with van der Waals surface area (Å²) in [4.78, 5) is 0. The van der Waals surface area contributed by atoms with Crippen LogP contribution in [0.4, 0.5) is 0 Å². The van der Waals surface area contributed by atoms with E-state index in [9.17, 15) is 0 Å². The Kier molecular flexibility index (Phi) is 1.26. The molecular weight excluding hydrogens is 112 g/mol. The largest absolute Gasteiger partial charge is 0.378 e. The fourth-order valence-corrected chi connectivity index (χ4v) is 2.16. The van der Waals surface area contributed by atoms with Crippen LogP contribution in [0.25, 0.3) is 0 Å². The van der Waals surface area contributed by atoms with Crippen LogP contribution in [0, 0.1) is 11.8 Å². The molecule has 1 saturated heterocycles. The van der Waals surface area contributed by atoms with Gasteiger partial charge in [-0.3, -0.25) is 0 Å². The number of rotatable bonds is 0. The first-order valence-corrected chi connectivity index (χ1v) is 3.99. The van der Waals surface area contributed by atoms with Crippen molar-refractivity contribution < 1.29 is 4.74 Å². The van der Waals surface area contributed by atoms with Crippen molar-refractivity contribution in [1.29, 1.82) is 0 Å². The molecule has 0 aromatic heterocycles. The highest BCUT2D eigenvalue weighted by Crippen LogP contribution is 2.41. The van der Waals surface area contributed by atoms with Crippen LogP contribution >= 0.6 is 0 Å². The van der Waals surface area contributed by atoms with Crippen molar-refractivity contribution in [3.8, 4) is 0 Å². The molecular formula is C8H14O. The Hall–Kier alpha value is -0.0400. The van der Waals surface area contributed by atoms with Crippen LogP contribution in [0.15, 0.2) is 0 Å². The zero-order valence-electron chi connectivity index (χ0n) is 5.97. The van der Waals surface area contributed by atoms with E-state index in [-0.39, 0.29) is 0 Å². The smallest absolute Gasteiger partial charge is 0.0629 e. The van der Waals surface area contributed by atoms with E-state index in [0.29, 0.717) is 6.10 Å². The van der Waals surface area contributed by atoms with Crippen molar-refractivity contribution in [3.05, 3.63) is 0 Å². The summed E-state index contributed by atoms with van der Waals surface area (Å²) in [6.07, 6.45) is 4.80. The van der Waals surface area contributed by atoms with Crippen molar-refractivity contribution >= 4 is 0 Å². The molecule has 9 heavy (non-hydrogen) atoms. The van der Waals surface area contributed by atoms with Gasteiger partial charge < -0.3 is 4.74 Å². The van der Waals surface area contributed by atoms with Gasteiger partial charge >= 0.3 is 0 Å². The fraction of sp³-hybridized carbons (Fsp3) is 1.00. The van der Waals surface area contributed by atoms with Gasteiger partial charge in [0.05, 0.1) is 6.10 Å². The van der Waals surface area contributed by atoms with Gasteiger partial charge in [0.25, 0.3) is 0 Å². The summed E-state index contributed by atoms with van der Waals surface area (Å²) >= 11 is 0. The van der Waals surface area contributed by atoms with E-state index in [0.717, 1.165) is 18.4 Å². The van der Waals surface area contributed by atoms with Gasteiger partial charge in [0.15, 0.2) is 0 Å². The highest BCUT2D eigenvalue weighted by atomic mass is 16.5. The second-order valence-electron chi connectivity index (χ2n) is 3.45. The van der Waals surface area contributed by atoms with Gasteiger partial charge in [0, 0.05) is 6.61 Å². The molecule has 0 unspecified atom stereocenters. The fourth-order valence-electron chi connectivity index (χ4n) is 2.16. The monoisotopic (exact) mass is 126 g/mol. The quantitative estimate of drug-likeness (QED) is 0.481. The highest BCUT2D eigenvalue weighted by Gasteiger charge is 2.40. The average Bonchev–Trinajstić information content (AvgIpc) is 1.86. The van der Waals surface area contributed by atoms with E-state index < -0.39 is 0 Å². The molecule has 2 rings (SSSR count). The molecule has 1 aliphatic heterocycles. The number of hydrogen-bond acceptors (Lipinski definition) is 1. The average molecular weight is 126 g/mol. The molecule has 0 aromatic rings. The Bertz CT molecular complexity index is 109. The molecule has 3 atom stereocenters. The van der Waals surface area contributed by atoms with E-state index in [2.05, 4.69) is 6.92 Å². The van der Waals surface area contributed by atoms with Crippen LogP contribution in [0.1, 0.15) is 26.2 Å². The second-order valence-corrected chi connectivity index (χ2v) is 3.45. The van der Waals surface area contributed by atoms with E-state index >= 15 is 0 Å². The van der Waals surface area contributed by atoms with Crippen LogP contribution in [0.5, 0.6) is 0 Å². The van der Waals surface area contributed by atoms with Crippen LogP contribution < -0.4 is 0 Å². The summed E-state index contributed by atoms with van der Waals surface area (Å²) in [5.41, 5.74) is 0. The van der Waals surface area contributed by atoms with Gasteiger partial charge in [-0.2, -0.15) is 0 Å². The van der Waals surface area contributed by atoms with Gasteiger partial charge in [-0.15, -0.1) is 0 Å². The predicted molar refractivity (Wildman–Crippen MR) is 36.2 cm³/mol. The number of hydrogen-bond donors (Lipinski definition) is 0. The number of ether oxygens (including phenoxy) is 1. The molecule has 1 aliphatic carbocycles. The first-order valence-electron chi connectivity index (χ1n) is 3.99. The molecule has 0 spiro atoms. The summed E-state index contributed by atoms with van der Waals surface area (Å²) in [5.74, 6) is 1.80. The molecule has 1 heteroatoms. The van der Waals surface area contributed by atoms with E-state index in [1.807, 2.05) is 0 Å². The Morgan fingerprint density at radius 2 is 2.33 bits per heavy atom. The Labute approximate surface area is 56.4 Å². The molecule has 0 aromatic carbocycles. The lowest BCUT2D eigenvalue weighted by Gasteiger charge is -2.45. The summed E-state index contributed by atoms with van der Waals surface area (Å²) in [7, 11) is 0. The van der Waals surface area contributed by atoms with Crippen molar-refractivity contribution in [2.45, 2.75) is 32.3 Å². The third-order valence-electron chi connectivity index (χ3n) is 2.73. The van der Waals surface area contributed by atoms with E-state index in [1.54, 1.807) is 0 Å². The standard InChI is InChI=1S/C8H14O/c1-6-5-7-3-2-4-9-8(6)7/h6-8H,2-5H2,1H3/t6-,7-,8+/m1/s1. The Morgan fingerprint density at radius 1 is 1.44 bits per heavy atom. The molecule has 0 N–H and O–H groups in total. The van der Waals surface area contributed by atoms with Gasteiger partial charge in [-0.05, 0) is 31.1 Å². The molecule has 2 fully saturated rings. The van der Waals surface area contributed by atoms with Crippen LogP contribution in [0.2, 0.25) is 0 Å². The van der Waals surface area contributed by atoms with Crippen LogP contribution in [-0.4, -0.2) is 12.7 Å². The van der Waals surface area contributed by atoms with Gasteiger partial charge in [-0.25, -0.2) is 0 Å². The third-order valence-corrected chi connectivity index (χ3v) is 2.73. The molecule has 0 bridgehead atoms. The molecule has 1 saturated carbocycles. The first kappa shape index (κ1) is 5.72. The molecule has 0 radical (unpaired) electrons. The minimum Gasteiger partial charge on any atom is -0.378 e. The third kappa shape index (κ3) is 0.787. The Balaban J connectivity index is 1.94. The van der Waals surface area contributed by atoms with Crippen LogP contribution in [0.3, 0.4) is 0 Å². The summed E-state index contributed by atoms with van der Waals surface area (Å²) in [5, 5.41) is 0. The molecule has 52 valence electrons. The minimum atomic E-state index is 0.652. The maximum absolute atomic E-state index is 5.59. The van der Waals surface area contributed by atoms with Crippen molar-refractivity contribution in [2.24, 2.45) is 11.8 Å².